The van der Waals surface area contributed by atoms with Gasteiger partial charge >= 0.3 is 0 Å². The molecule has 0 radical (unpaired) electrons. The number of fused-ring (bicyclic) bond motifs is 1. The molecule has 16 heavy (non-hydrogen) atoms. The van der Waals surface area contributed by atoms with Crippen LogP contribution in [0.3, 0.4) is 0 Å². The van der Waals surface area contributed by atoms with Crippen LogP contribution in [0.15, 0.2) is 23.5 Å². The number of aliphatic hydroxyl groups excluding tert-OH is 1. The van der Waals surface area contributed by atoms with Gasteiger partial charge in [-0.2, -0.15) is 0 Å². The average molecular weight is 222 g/mol. The molecule has 0 aromatic carbocycles. The van der Waals surface area contributed by atoms with Crippen molar-refractivity contribution in [3.8, 4) is 0 Å². The van der Waals surface area contributed by atoms with E-state index in [-0.39, 0.29) is 0 Å². The predicted molar refractivity (Wildman–Crippen MR) is 65.5 cm³/mol. The molecular weight excluding hydrogens is 200 g/mol. The van der Waals surface area contributed by atoms with Gasteiger partial charge in [0.25, 0.3) is 0 Å². The minimum atomic E-state index is 0.298. The SMILES string of the molecule is CC(C)N1CC(CO)CC2CC=C(N)C=C21. The number of aliphatic hydroxyl groups is 1. The molecule has 0 amide bonds. The van der Waals surface area contributed by atoms with E-state index in [0.29, 0.717) is 24.5 Å². The third-order valence-corrected chi connectivity index (χ3v) is 3.66. The second-order valence-corrected chi connectivity index (χ2v) is 5.24. The highest BCUT2D eigenvalue weighted by atomic mass is 16.3. The van der Waals surface area contributed by atoms with Crippen LogP contribution in [-0.2, 0) is 0 Å². The molecule has 0 aromatic rings. The molecule has 2 aliphatic rings. The van der Waals surface area contributed by atoms with Gasteiger partial charge in [0.1, 0.15) is 0 Å². The van der Waals surface area contributed by atoms with Crippen molar-refractivity contribution in [2.24, 2.45) is 17.6 Å². The van der Waals surface area contributed by atoms with Gasteiger partial charge in [-0.05, 0) is 32.8 Å². The summed E-state index contributed by atoms with van der Waals surface area (Å²) in [5, 5.41) is 9.35. The number of rotatable bonds is 2. The van der Waals surface area contributed by atoms with Gasteiger partial charge < -0.3 is 15.7 Å². The molecule has 0 spiro atoms. The van der Waals surface area contributed by atoms with Gasteiger partial charge in [-0.15, -0.1) is 0 Å². The van der Waals surface area contributed by atoms with Crippen LogP contribution in [0.4, 0.5) is 0 Å². The number of hydrogen-bond donors (Lipinski definition) is 2. The van der Waals surface area contributed by atoms with Crippen molar-refractivity contribution < 1.29 is 5.11 Å². The molecule has 3 heteroatoms. The third-order valence-electron chi connectivity index (χ3n) is 3.66. The largest absolute Gasteiger partial charge is 0.399 e. The Balaban J connectivity index is 2.23. The Kier molecular flexibility index (Phi) is 3.24. The number of likely N-dealkylation sites (tertiary alicyclic amines) is 1. The van der Waals surface area contributed by atoms with E-state index in [1.807, 2.05) is 0 Å². The molecule has 0 aromatic heterocycles. The zero-order valence-corrected chi connectivity index (χ0v) is 10.2. The number of nitrogens with zero attached hydrogens (tertiary/aromatic N) is 1. The van der Waals surface area contributed by atoms with E-state index in [0.717, 1.165) is 25.1 Å². The fraction of sp³-hybridized carbons (Fsp3) is 0.692. The van der Waals surface area contributed by atoms with E-state index < -0.39 is 0 Å². The second-order valence-electron chi connectivity index (χ2n) is 5.24. The summed E-state index contributed by atoms with van der Waals surface area (Å²) in [6, 6.07) is 0.481. The molecule has 3 N–H and O–H groups in total. The van der Waals surface area contributed by atoms with E-state index in [9.17, 15) is 5.11 Å². The summed E-state index contributed by atoms with van der Waals surface area (Å²) in [6.07, 6.45) is 6.33. The van der Waals surface area contributed by atoms with Gasteiger partial charge in [0.2, 0.25) is 0 Å². The van der Waals surface area contributed by atoms with Crippen molar-refractivity contribution >= 4 is 0 Å². The van der Waals surface area contributed by atoms with Crippen LogP contribution in [0.25, 0.3) is 0 Å². The molecule has 90 valence electrons. The number of hydrogen-bond acceptors (Lipinski definition) is 3. The van der Waals surface area contributed by atoms with Gasteiger partial charge in [0.15, 0.2) is 0 Å². The van der Waals surface area contributed by atoms with Crippen molar-refractivity contribution in [2.75, 3.05) is 13.2 Å². The van der Waals surface area contributed by atoms with Crippen molar-refractivity contribution in [2.45, 2.75) is 32.7 Å². The Bertz CT molecular complexity index is 320. The molecule has 1 fully saturated rings. The van der Waals surface area contributed by atoms with Gasteiger partial charge in [0.05, 0.1) is 0 Å². The first-order valence-corrected chi connectivity index (χ1v) is 6.16. The van der Waals surface area contributed by atoms with Crippen LogP contribution < -0.4 is 5.73 Å². The number of allylic oxidation sites excluding steroid dienone is 3. The Morgan fingerprint density at radius 1 is 1.56 bits per heavy atom. The predicted octanol–water partition coefficient (Wildman–Crippen LogP) is 1.46. The minimum absolute atomic E-state index is 0.298. The van der Waals surface area contributed by atoms with Gasteiger partial charge in [-0.25, -0.2) is 0 Å². The fourth-order valence-electron chi connectivity index (χ4n) is 2.78. The van der Waals surface area contributed by atoms with Crippen LogP contribution in [0.2, 0.25) is 0 Å². The van der Waals surface area contributed by atoms with E-state index in [4.69, 9.17) is 5.73 Å². The van der Waals surface area contributed by atoms with Crippen LogP contribution in [0, 0.1) is 11.8 Å². The summed E-state index contributed by atoms with van der Waals surface area (Å²) in [4.78, 5) is 2.40. The summed E-state index contributed by atoms with van der Waals surface area (Å²) in [5.74, 6) is 0.970. The highest BCUT2D eigenvalue weighted by Gasteiger charge is 2.32. The molecule has 0 saturated carbocycles. The van der Waals surface area contributed by atoms with Crippen LogP contribution in [0.1, 0.15) is 26.7 Å². The fourth-order valence-corrected chi connectivity index (χ4v) is 2.78. The molecule has 2 unspecified atom stereocenters. The van der Waals surface area contributed by atoms with E-state index in [2.05, 4.69) is 30.9 Å². The molecular formula is C13H22N2O. The molecule has 1 heterocycles. The molecule has 1 aliphatic heterocycles. The first-order chi connectivity index (χ1) is 7.61. The molecule has 0 bridgehead atoms. The summed E-state index contributed by atoms with van der Waals surface area (Å²) in [7, 11) is 0. The molecule has 1 saturated heterocycles. The molecule has 3 nitrogen and oxygen atoms in total. The Labute approximate surface area is 97.6 Å². The lowest BCUT2D eigenvalue weighted by Gasteiger charge is -2.44. The van der Waals surface area contributed by atoms with E-state index in [1.54, 1.807) is 0 Å². The first-order valence-electron chi connectivity index (χ1n) is 6.16. The highest BCUT2D eigenvalue weighted by Crippen LogP contribution is 2.36. The van der Waals surface area contributed by atoms with Crippen LogP contribution >= 0.6 is 0 Å². The lowest BCUT2D eigenvalue weighted by molar-refractivity contribution is 0.103. The first kappa shape index (κ1) is 11.5. The number of piperidine rings is 1. The lowest BCUT2D eigenvalue weighted by Crippen LogP contribution is -2.44. The zero-order valence-electron chi connectivity index (χ0n) is 10.2. The van der Waals surface area contributed by atoms with Gasteiger partial charge in [-0.3, -0.25) is 0 Å². The quantitative estimate of drug-likeness (QED) is 0.743. The second kappa shape index (κ2) is 4.50. The third kappa shape index (κ3) is 2.09. The Hall–Kier alpha value is -0.960. The summed E-state index contributed by atoms with van der Waals surface area (Å²) in [6.45, 7) is 5.66. The molecule has 2 atom stereocenters. The standard InChI is InChI=1S/C13H22N2O/c1-9(2)15-7-10(8-16)5-11-3-4-12(14)6-13(11)15/h4,6,9-11,16H,3,5,7-8,14H2,1-2H3. The lowest BCUT2D eigenvalue weighted by atomic mass is 9.81. The van der Waals surface area contributed by atoms with Gasteiger partial charge in [-0.1, -0.05) is 6.08 Å². The van der Waals surface area contributed by atoms with E-state index >= 15 is 0 Å². The number of nitrogens with two attached hydrogens (primary N) is 1. The summed E-state index contributed by atoms with van der Waals surface area (Å²) >= 11 is 0. The van der Waals surface area contributed by atoms with Crippen molar-refractivity contribution in [3.63, 3.8) is 0 Å². The zero-order chi connectivity index (χ0) is 11.7. The molecule has 1 aliphatic carbocycles. The van der Waals surface area contributed by atoms with Crippen LogP contribution in [-0.4, -0.2) is 29.2 Å². The van der Waals surface area contributed by atoms with Crippen LogP contribution in [0.5, 0.6) is 0 Å². The van der Waals surface area contributed by atoms with Crippen molar-refractivity contribution in [1.82, 2.24) is 4.90 Å². The summed E-state index contributed by atoms with van der Waals surface area (Å²) < 4.78 is 0. The normalized spacial score (nSPS) is 29.9. The summed E-state index contributed by atoms with van der Waals surface area (Å²) in [5.41, 5.74) is 8.14. The topological polar surface area (TPSA) is 49.5 Å². The maximum atomic E-state index is 9.35. The Morgan fingerprint density at radius 2 is 2.31 bits per heavy atom. The van der Waals surface area contributed by atoms with Gasteiger partial charge in [0, 0.05) is 42.4 Å². The highest BCUT2D eigenvalue weighted by molar-refractivity contribution is 5.28. The average Bonchev–Trinajstić information content (AvgIpc) is 2.27. The Morgan fingerprint density at radius 3 is 2.94 bits per heavy atom. The maximum Gasteiger partial charge on any atom is 0.0476 e. The smallest absolute Gasteiger partial charge is 0.0476 e. The molecule has 2 rings (SSSR count). The maximum absolute atomic E-state index is 9.35. The van der Waals surface area contributed by atoms with Crippen molar-refractivity contribution in [3.05, 3.63) is 23.5 Å². The van der Waals surface area contributed by atoms with Crippen molar-refractivity contribution in [1.29, 1.82) is 0 Å². The monoisotopic (exact) mass is 222 g/mol. The van der Waals surface area contributed by atoms with E-state index in [1.165, 1.54) is 5.70 Å². The minimum Gasteiger partial charge on any atom is -0.399 e.